The van der Waals surface area contributed by atoms with Crippen molar-refractivity contribution < 1.29 is 4.74 Å². The topological polar surface area (TPSA) is 39.9 Å². The van der Waals surface area contributed by atoms with Gasteiger partial charge in [0, 0.05) is 28.2 Å². The van der Waals surface area contributed by atoms with Gasteiger partial charge in [-0.25, -0.2) is 9.97 Å². The van der Waals surface area contributed by atoms with E-state index in [1.54, 1.807) is 0 Å². The zero-order chi connectivity index (χ0) is 25.9. The van der Waals surface area contributed by atoms with Crippen LogP contribution in [0.25, 0.3) is 55.4 Å². The maximum absolute atomic E-state index is 6.32. The maximum atomic E-state index is 6.32. The molecule has 2 aromatic heterocycles. The van der Waals surface area contributed by atoms with Gasteiger partial charge in [0.2, 0.25) is 5.95 Å². The van der Waals surface area contributed by atoms with Crippen molar-refractivity contribution in [3.8, 4) is 22.8 Å². The van der Waals surface area contributed by atoms with E-state index in [9.17, 15) is 0 Å². The molecule has 0 bridgehead atoms. The minimum Gasteiger partial charge on any atom is -0.460 e. The number of nitrogens with zero attached hydrogens (tertiary/aromatic N) is 3. The van der Waals surface area contributed by atoms with Crippen LogP contribution >= 0.6 is 0 Å². The quantitative estimate of drug-likeness (QED) is 0.226. The van der Waals surface area contributed by atoms with E-state index in [0.29, 0.717) is 5.95 Å². The third-order valence-electron chi connectivity index (χ3n) is 8.86. The lowest BCUT2D eigenvalue weighted by molar-refractivity contribution is 0.406. The Kier molecular flexibility index (Phi) is 3.94. The number of rotatable bonds is 1. The molecule has 3 heterocycles. The third-order valence-corrected chi connectivity index (χ3v) is 8.86. The highest BCUT2D eigenvalue weighted by Crippen LogP contribution is 2.51. The van der Waals surface area contributed by atoms with Crippen LogP contribution in [0.5, 0.6) is 5.75 Å². The molecule has 0 N–H and O–H groups in total. The van der Waals surface area contributed by atoms with Gasteiger partial charge in [-0.15, -0.1) is 0 Å². The van der Waals surface area contributed by atoms with Crippen molar-refractivity contribution in [2.45, 2.75) is 32.1 Å². The molecule has 0 saturated carbocycles. The molecule has 0 saturated heterocycles. The van der Waals surface area contributed by atoms with Crippen LogP contribution in [-0.4, -0.2) is 14.5 Å². The monoisotopic (exact) mass is 503 g/mol. The van der Waals surface area contributed by atoms with E-state index in [1.807, 2.05) is 12.1 Å². The first kappa shape index (κ1) is 21.3. The Balaban J connectivity index is 1.40. The second kappa shape index (κ2) is 7.23. The van der Waals surface area contributed by atoms with Gasteiger partial charge in [-0.1, -0.05) is 74.5 Å². The summed E-state index contributed by atoms with van der Waals surface area (Å²) >= 11 is 0. The molecule has 4 heteroatoms. The van der Waals surface area contributed by atoms with Crippen molar-refractivity contribution in [1.82, 2.24) is 14.5 Å². The molecule has 1 aliphatic heterocycles. The molecule has 0 spiro atoms. The SMILES string of the molecule is CC1(C)c2ccccc2-c2cc3c4ccccc4n(-c4nc5c6c(cccc6n4)OC4=C5C=CCC4)c3cc21. The fraction of sp³-hybridized carbons (Fsp3) is 0.143. The summed E-state index contributed by atoms with van der Waals surface area (Å²) in [5.74, 6) is 2.55. The second-order valence-corrected chi connectivity index (χ2v) is 11.3. The van der Waals surface area contributed by atoms with Gasteiger partial charge in [-0.05, 0) is 59.0 Å². The summed E-state index contributed by atoms with van der Waals surface area (Å²) in [6.45, 7) is 4.66. The molecule has 3 aliphatic rings. The average Bonchev–Trinajstić information content (AvgIpc) is 3.41. The van der Waals surface area contributed by atoms with Gasteiger partial charge in [0.05, 0.1) is 27.6 Å². The molecule has 0 fully saturated rings. The smallest absolute Gasteiger partial charge is 0.235 e. The van der Waals surface area contributed by atoms with Crippen LogP contribution in [0.3, 0.4) is 0 Å². The van der Waals surface area contributed by atoms with Crippen LogP contribution < -0.4 is 4.74 Å². The van der Waals surface area contributed by atoms with Gasteiger partial charge in [-0.2, -0.15) is 0 Å². The van der Waals surface area contributed by atoms with Gasteiger partial charge >= 0.3 is 0 Å². The molecule has 39 heavy (non-hydrogen) atoms. The molecule has 6 aromatic rings. The molecule has 0 amide bonds. The highest BCUT2D eigenvalue weighted by molar-refractivity contribution is 6.11. The number of benzene rings is 4. The summed E-state index contributed by atoms with van der Waals surface area (Å²) in [6.07, 6.45) is 6.25. The molecule has 0 radical (unpaired) electrons. The summed E-state index contributed by atoms with van der Waals surface area (Å²) in [7, 11) is 0. The Bertz CT molecular complexity index is 2130. The maximum Gasteiger partial charge on any atom is 0.235 e. The molecule has 0 atom stereocenters. The first-order valence-electron chi connectivity index (χ1n) is 13.7. The van der Waals surface area contributed by atoms with Crippen LogP contribution in [0.2, 0.25) is 0 Å². The van der Waals surface area contributed by atoms with Gasteiger partial charge in [0.15, 0.2) is 0 Å². The van der Waals surface area contributed by atoms with Crippen LogP contribution in [-0.2, 0) is 5.41 Å². The van der Waals surface area contributed by atoms with Crippen molar-refractivity contribution in [2.75, 3.05) is 0 Å². The normalized spacial score (nSPS) is 16.5. The fourth-order valence-corrected chi connectivity index (χ4v) is 6.99. The number of aromatic nitrogens is 3. The number of para-hydroxylation sites is 1. The minimum atomic E-state index is -0.0868. The van der Waals surface area contributed by atoms with Gasteiger partial charge in [0.1, 0.15) is 11.5 Å². The van der Waals surface area contributed by atoms with Crippen molar-refractivity contribution in [3.05, 3.63) is 114 Å². The first-order chi connectivity index (χ1) is 19.1. The molecular weight excluding hydrogens is 478 g/mol. The lowest BCUT2D eigenvalue weighted by atomic mass is 9.82. The molecular formula is C35H25N3O. The largest absolute Gasteiger partial charge is 0.460 e. The number of ether oxygens (including phenoxy) is 1. The van der Waals surface area contributed by atoms with Gasteiger partial charge in [0.25, 0.3) is 0 Å². The number of hydrogen-bond acceptors (Lipinski definition) is 3. The van der Waals surface area contributed by atoms with E-state index < -0.39 is 0 Å². The summed E-state index contributed by atoms with van der Waals surface area (Å²) in [6, 6.07) is 28.3. The number of hydrogen-bond donors (Lipinski definition) is 0. The standard InChI is InChI=1S/C35H25N3O/c1-35(2)25-13-6-3-10-20(25)23-18-24-21-11-4-7-15-28(21)38(29(24)19-26(23)35)34-36-27-14-9-17-31-32(27)33(37-34)22-12-5-8-16-30(22)39-31/h3-7,9-15,17-19H,8,16H2,1-2H3. The fourth-order valence-electron chi connectivity index (χ4n) is 6.99. The van der Waals surface area contributed by atoms with E-state index in [1.165, 1.54) is 33.0 Å². The van der Waals surface area contributed by atoms with Crippen LogP contribution in [0.4, 0.5) is 0 Å². The Labute approximate surface area is 225 Å². The summed E-state index contributed by atoms with van der Waals surface area (Å²) < 4.78 is 8.58. The Morgan fingerprint density at radius 2 is 1.67 bits per heavy atom. The van der Waals surface area contributed by atoms with E-state index in [4.69, 9.17) is 14.7 Å². The number of allylic oxidation sites excluding steroid dienone is 4. The minimum absolute atomic E-state index is 0.0868. The predicted molar refractivity (Wildman–Crippen MR) is 157 cm³/mol. The third kappa shape index (κ3) is 2.68. The van der Waals surface area contributed by atoms with Crippen molar-refractivity contribution in [3.63, 3.8) is 0 Å². The molecule has 4 aromatic carbocycles. The van der Waals surface area contributed by atoms with Gasteiger partial charge < -0.3 is 4.74 Å². The molecule has 2 aliphatic carbocycles. The predicted octanol–water partition coefficient (Wildman–Crippen LogP) is 8.49. The van der Waals surface area contributed by atoms with Crippen molar-refractivity contribution in [1.29, 1.82) is 0 Å². The van der Waals surface area contributed by atoms with Crippen LogP contribution in [0.1, 0.15) is 43.5 Å². The van der Waals surface area contributed by atoms with Crippen molar-refractivity contribution in [2.24, 2.45) is 0 Å². The lowest BCUT2D eigenvalue weighted by Gasteiger charge is -2.24. The van der Waals surface area contributed by atoms with E-state index in [0.717, 1.165) is 57.6 Å². The Morgan fingerprint density at radius 1 is 0.795 bits per heavy atom. The van der Waals surface area contributed by atoms with Crippen molar-refractivity contribution >= 4 is 38.3 Å². The first-order valence-corrected chi connectivity index (χ1v) is 13.7. The van der Waals surface area contributed by atoms with E-state index in [2.05, 4.69) is 97.3 Å². The molecule has 186 valence electrons. The highest BCUT2D eigenvalue weighted by atomic mass is 16.5. The zero-order valence-corrected chi connectivity index (χ0v) is 21.8. The second-order valence-electron chi connectivity index (χ2n) is 11.3. The summed E-state index contributed by atoms with van der Waals surface area (Å²) in [5, 5.41) is 3.43. The van der Waals surface area contributed by atoms with E-state index in [-0.39, 0.29) is 5.41 Å². The lowest BCUT2D eigenvalue weighted by Crippen LogP contribution is -2.15. The van der Waals surface area contributed by atoms with Gasteiger partial charge in [-0.3, -0.25) is 4.57 Å². The summed E-state index contributed by atoms with van der Waals surface area (Å²) in [4.78, 5) is 10.4. The molecule has 4 nitrogen and oxygen atoms in total. The Morgan fingerprint density at radius 3 is 2.62 bits per heavy atom. The van der Waals surface area contributed by atoms with Crippen LogP contribution in [0, 0.1) is 0 Å². The molecule has 9 rings (SSSR count). The summed E-state index contributed by atoms with van der Waals surface area (Å²) in [5.41, 5.74) is 10.5. The zero-order valence-electron chi connectivity index (χ0n) is 21.8. The van der Waals surface area contributed by atoms with Crippen LogP contribution in [0.15, 0.2) is 96.8 Å². The van der Waals surface area contributed by atoms with E-state index >= 15 is 0 Å². The average molecular weight is 504 g/mol. The Hall–Kier alpha value is -4.70. The highest BCUT2D eigenvalue weighted by Gasteiger charge is 2.36. The molecule has 0 unspecified atom stereocenters. The number of fused-ring (bicyclic) bond motifs is 7.